The second-order valence-electron chi connectivity index (χ2n) is 8.48. The number of nitrogens with zero attached hydrogens (tertiary/aromatic N) is 3. The van der Waals surface area contributed by atoms with Crippen LogP contribution in [0, 0.1) is 0 Å². The summed E-state index contributed by atoms with van der Waals surface area (Å²) in [7, 11) is 0. The van der Waals surface area contributed by atoms with Gasteiger partial charge in [-0.25, -0.2) is 4.79 Å². The number of carbonyl (C=O) groups excluding carboxylic acids is 1. The molecule has 0 fully saturated rings. The topological polar surface area (TPSA) is 114 Å². The minimum absolute atomic E-state index is 0.0730. The third-order valence-corrected chi connectivity index (χ3v) is 6.26. The van der Waals surface area contributed by atoms with Gasteiger partial charge in [-0.1, -0.05) is 55.8 Å². The van der Waals surface area contributed by atoms with Gasteiger partial charge in [0.05, 0.1) is 18.3 Å². The highest BCUT2D eigenvalue weighted by Crippen LogP contribution is 2.39. The van der Waals surface area contributed by atoms with Gasteiger partial charge in [-0.3, -0.25) is 24.0 Å². The van der Waals surface area contributed by atoms with Crippen molar-refractivity contribution in [2.75, 3.05) is 35.2 Å². The molecule has 0 aliphatic carbocycles. The zero-order valence-electron chi connectivity index (χ0n) is 20.1. The van der Waals surface area contributed by atoms with E-state index in [1.165, 1.54) is 4.57 Å². The van der Waals surface area contributed by atoms with Crippen molar-refractivity contribution in [2.45, 2.75) is 39.3 Å². The molecule has 3 aromatic rings. The van der Waals surface area contributed by atoms with Crippen LogP contribution in [0.3, 0.4) is 0 Å². The maximum atomic E-state index is 13.8. The summed E-state index contributed by atoms with van der Waals surface area (Å²) in [5, 5.41) is 0. The Kier molecular flexibility index (Phi) is 7.24. The van der Waals surface area contributed by atoms with Crippen LogP contribution in [0.15, 0.2) is 64.2 Å². The summed E-state index contributed by atoms with van der Waals surface area (Å²) >= 11 is 0. The van der Waals surface area contributed by atoms with Crippen molar-refractivity contribution in [3.05, 3.63) is 81.0 Å². The molecule has 9 nitrogen and oxygen atoms in total. The molecule has 0 bridgehead atoms. The molecular formula is C26H31N5O4. The lowest BCUT2D eigenvalue weighted by molar-refractivity contribution is -0.118. The summed E-state index contributed by atoms with van der Waals surface area (Å²) in [6, 6.07) is 16.8. The summed E-state index contributed by atoms with van der Waals surface area (Å²) in [5.74, 6) is 0.493. The average molecular weight is 478 g/mol. The Morgan fingerprint density at radius 1 is 1.11 bits per heavy atom. The summed E-state index contributed by atoms with van der Waals surface area (Å²) in [6.45, 7) is 4.82. The zero-order chi connectivity index (χ0) is 24.9. The number of anilines is 3. The van der Waals surface area contributed by atoms with Crippen molar-refractivity contribution in [1.82, 2.24) is 9.55 Å². The predicted molar refractivity (Wildman–Crippen MR) is 137 cm³/mol. The van der Waals surface area contributed by atoms with Crippen LogP contribution in [-0.4, -0.2) is 35.2 Å². The number of carbonyl (C=O) groups is 1. The largest absolute Gasteiger partial charge is 0.489 e. The van der Waals surface area contributed by atoms with E-state index < -0.39 is 11.2 Å². The Bertz CT molecular complexity index is 1300. The van der Waals surface area contributed by atoms with Crippen LogP contribution in [0.5, 0.6) is 5.75 Å². The second-order valence-corrected chi connectivity index (χ2v) is 8.48. The molecule has 2 heterocycles. The molecule has 1 aliphatic heterocycles. The number of H-pyrrole nitrogens is 1. The number of ether oxygens (including phenoxy) is 1. The standard InChI is InChI=1S/C26H31N5O4/c1-3-5-15-30-24(27)23(25(33)28-26(30)34)29(4-2)16-22(32)31-19-13-9-10-14-21(19)35-17-20(31)18-11-7-6-8-12-18/h6-14,20H,3-5,15-17,27H2,1-2H3,(H,28,33,34)/t20-/m1/s1. The molecule has 3 N–H and O–H groups in total. The van der Waals surface area contributed by atoms with E-state index in [0.29, 0.717) is 31.1 Å². The minimum atomic E-state index is -0.600. The Hall–Kier alpha value is -4.01. The Morgan fingerprint density at radius 3 is 2.54 bits per heavy atom. The smallest absolute Gasteiger partial charge is 0.330 e. The molecule has 1 aliphatic rings. The first kappa shape index (κ1) is 24.1. The van der Waals surface area contributed by atoms with Crippen molar-refractivity contribution >= 4 is 23.1 Å². The highest BCUT2D eigenvalue weighted by atomic mass is 16.5. The van der Waals surface area contributed by atoms with E-state index in [0.717, 1.165) is 18.4 Å². The molecule has 1 amide bonds. The van der Waals surface area contributed by atoms with E-state index in [2.05, 4.69) is 4.98 Å². The molecular weight excluding hydrogens is 446 g/mol. The van der Waals surface area contributed by atoms with E-state index in [9.17, 15) is 14.4 Å². The lowest BCUT2D eigenvalue weighted by Gasteiger charge is -2.38. The van der Waals surface area contributed by atoms with Crippen molar-refractivity contribution in [3.8, 4) is 5.75 Å². The van der Waals surface area contributed by atoms with E-state index >= 15 is 0 Å². The molecule has 0 unspecified atom stereocenters. The number of fused-ring (bicyclic) bond motifs is 1. The number of rotatable bonds is 8. The van der Waals surface area contributed by atoms with Crippen molar-refractivity contribution in [2.24, 2.45) is 0 Å². The lowest BCUT2D eigenvalue weighted by Crippen LogP contribution is -2.47. The lowest BCUT2D eigenvalue weighted by atomic mass is 10.0. The molecule has 4 rings (SSSR count). The number of amides is 1. The number of benzene rings is 2. The number of unbranched alkanes of at least 4 members (excludes halogenated alkanes) is 1. The molecule has 0 spiro atoms. The average Bonchev–Trinajstić information content (AvgIpc) is 2.87. The number of nitrogens with one attached hydrogen (secondary N) is 1. The van der Waals surface area contributed by atoms with Gasteiger partial charge in [0.2, 0.25) is 5.91 Å². The van der Waals surface area contributed by atoms with Crippen molar-refractivity contribution in [3.63, 3.8) is 0 Å². The second kappa shape index (κ2) is 10.5. The Balaban J connectivity index is 1.71. The maximum absolute atomic E-state index is 13.8. The third-order valence-electron chi connectivity index (χ3n) is 6.26. The first-order valence-electron chi connectivity index (χ1n) is 11.9. The number of aromatic nitrogens is 2. The summed E-state index contributed by atoms with van der Waals surface area (Å²) in [5.41, 5.74) is 6.92. The number of hydrogen-bond donors (Lipinski definition) is 2. The van der Waals surface area contributed by atoms with Crippen LogP contribution >= 0.6 is 0 Å². The van der Waals surface area contributed by atoms with Crippen LogP contribution in [0.25, 0.3) is 0 Å². The number of nitrogen functional groups attached to an aromatic ring is 1. The molecule has 1 aromatic heterocycles. The third kappa shape index (κ3) is 4.80. The number of nitrogens with two attached hydrogens (primary N) is 1. The molecule has 1 atom stereocenters. The van der Waals surface area contributed by atoms with Crippen LogP contribution in [-0.2, 0) is 11.3 Å². The van der Waals surface area contributed by atoms with Gasteiger partial charge in [0.1, 0.15) is 23.9 Å². The quantitative estimate of drug-likeness (QED) is 0.516. The van der Waals surface area contributed by atoms with Gasteiger partial charge in [-0.2, -0.15) is 0 Å². The predicted octanol–water partition coefficient (Wildman–Crippen LogP) is 2.91. The monoisotopic (exact) mass is 477 g/mol. The highest BCUT2D eigenvalue weighted by Gasteiger charge is 2.34. The van der Waals surface area contributed by atoms with Gasteiger partial charge < -0.3 is 15.4 Å². The summed E-state index contributed by atoms with van der Waals surface area (Å²) in [4.78, 5) is 44.7. The number of hydrogen-bond acceptors (Lipinski definition) is 6. The number of likely N-dealkylation sites (N-methyl/N-ethyl adjacent to an activating group) is 1. The fourth-order valence-electron chi connectivity index (χ4n) is 4.43. The van der Waals surface area contributed by atoms with Gasteiger partial charge in [-0.15, -0.1) is 0 Å². The molecule has 35 heavy (non-hydrogen) atoms. The molecule has 184 valence electrons. The van der Waals surface area contributed by atoms with Crippen LogP contribution < -0.4 is 31.5 Å². The molecule has 0 saturated heterocycles. The van der Waals surface area contributed by atoms with Gasteiger partial charge >= 0.3 is 5.69 Å². The van der Waals surface area contributed by atoms with Crippen LogP contribution in [0.4, 0.5) is 17.2 Å². The fraction of sp³-hybridized carbons (Fsp3) is 0.346. The van der Waals surface area contributed by atoms with E-state index in [1.807, 2.05) is 68.4 Å². The number of aromatic amines is 1. The van der Waals surface area contributed by atoms with Gasteiger partial charge in [0.25, 0.3) is 5.56 Å². The first-order valence-corrected chi connectivity index (χ1v) is 11.9. The van der Waals surface area contributed by atoms with E-state index in [4.69, 9.17) is 10.5 Å². The minimum Gasteiger partial charge on any atom is -0.489 e. The van der Waals surface area contributed by atoms with E-state index in [1.54, 1.807) is 9.80 Å². The zero-order valence-corrected chi connectivity index (χ0v) is 20.1. The summed E-state index contributed by atoms with van der Waals surface area (Å²) in [6.07, 6.45) is 1.61. The van der Waals surface area contributed by atoms with E-state index in [-0.39, 0.29) is 30.0 Å². The number of para-hydroxylation sites is 2. The maximum Gasteiger partial charge on any atom is 0.330 e. The normalized spacial score (nSPS) is 14.8. The summed E-state index contributed by atoms with van der Waals surface area (Å²) < 4.78 is 7.34. The SMILES string of the molecule is CCCCn1c(N)c(N(CC)CC(=O)N2c3ccccc3OC[C@@H]2c2ccccc2)c(=O)[nH]c1=O. The molecule has 0 saturated carbocycles. The molecule has 0 radical (unpaired) electrons. The van der Waals surface area contributed by atoms with Crippen molar-refractivity contribution < 1.29 is 9.53 Å². The Morgan fingerprint density at radius 2 is 1.83 bits per heavy atom. The van der Waals surface area contributed by atoms with Crippen LogP contribution in [0.1, 0.15) is 38.3 Å². The fourth-order valence-corrected chi connectivity index (χ4v) is 4.43. The Labute approximate surface area is 203 Å². The van der Waals surface area contributed by atoms with Gasteiger partial charge in [-0.05, 0) is 31.0 Å². The molecule has 2 aromatic carbocycles. The highest BCUT2D eigenvalue weighted by molar-refractivity contribution is 5.99. The van der Waals surface area contributed by atoms with Gasteiger partial charge in [0, 0.05) is 13.1 Å². The van der Waals surface area contributed by atoms with Gasteiger partial charge in [0.15, 0.2) is 0 Å². The van der Waals surface area contributed by atoms with Crippen LogP contribution in [0.2, 0.25) is 0 Å². The molecule has 9 heteroatoms. The van der Waals surface area contributed by atoms with Crippen molar-refractivity contribution in [1.29, 1.82) is 0 Å². The first-order chi connectivity index (χ1) is 17.0.